The van der Waals surface area contributed by atoms with Gasteiger partial charge in [-0.3, -0.25) is 4.90 Å². The van der Waals surface area contributed by atoms with Crippen molar-refractivity contribution in [3.63, 3.8) is 0 Å². The van der Waals surface area contributed by atoms with Crippen LogP contribution in [-0.4, -0.2) is 54.3 Å². The summed E-state index contributed by atoms with van der Waals surface area (Å²) in [5.74, 6) is 0. The van der Waals surface area contributed by atoms with E-state index in [1.54, 1.807) is 0 Å². The van der Waals surface area contributed by atoms with Crippen LogP contribution in [0, 0.1) is 0 Å². The summed E-state index contributed by atoms with van der Waals surface area (Å²) in [6, 6.07) is 27.8. The second-order valence-corrected chi connectivity index (χ2v) is 9.16. The van der Waals surface area contributed by atoms with Crippen LogP contribution in [0.2, 0.25) is 0 Å². The first-order valence-electron chi connectivity index (χ1n) is 12.3. The van der Waals surface area contributed by atoms with Crippen molar-refractivity contribution < 1.29 is 4.74 Å². The van der Waals surface area contributed by atoms with E-state index in [2.05, 4.69) is 94.8 Å². The minimum Gasteiger partial charge on any atom is -0.379 e. The monoisotopic (exact) mass is 473 g/mol. The quantitative estimate of drug-likeness (QED) is 0.394. The fourth-order valence-electron chi connectivity index (χ4n) is 4.24. The van der Waals surface area contributed by atoms with Gasteiger partial charge in [0.2, 0.25) is 0 Å². The molecule has 1 aliphatic heterocycles. The molecule has 34 heavy (non-hydrogen) atoms. The molecule has 1 aliphatic rings. The zero-order chi connectivity index (χ0) is 23.6. The van der Waals surface area contributed by atoms with E-state index in [0.29, 0.717) is 0 Å². The molecule has 0 aliphatic carbocycles. The van der Waals surface area contributed by atoms with Crippen LogP contribution in [0.25, 0.3) is 11.1 Å². The second-order valence-electron chi connectivity index (χ2n) is 8.77. The lowest BCUT2D eigenvalue weighted by Crippen LogP contribution is -2.40. The summed E-state index contributed by atoms with van der Waals surface area (Å²) >= 11 is 5.88. The van der Waals surface area contributed by atoms with Gasteiger partial charge in [-0.15, -0.1) is 0 Å². The average molecular weight is 474 g/mol. The minimum absolute atomic E-state index is 0.772. The number of rotatable bonds is 9. The topological polar surface area (TPSA) is 27.7 Å². The van der Waals surface area contributed by atoms with Crippen molar-refractivity contribution in [2.45, 2.75) is 26.3 Å². The molecule has 4 nitrogen and oxygen atoms in total. The van der Waals surface area contributed by atoms with Crippen molar-refractivity contribution >= 4 is 23.0 Å². The lowest BCUT2D eigenvalue weighted by molar-refractivity contribution is 0.0368. The number of morpholine rings is 1. The Morgan fingerprint density at radius 3 is 2.21 bits per heavy atom. The average Bonchev–Trinajstić information content (AvgIpc) is 2.90. The molecule has 1 saturated heterocycles. The highest BCUT2D eigenvalue weighted by Crippen LogP contribution is 2.21. The van der Waals surface area contributed by atoms with Crippen LogP contribution in [0.3, 0.4) is 0 Å². The number of benzene rings is 3. The van der Waals surface area contributed by atoms with E-state index in [1.807, 2.05) is 6.07 Å². The van der Waals surface area contributed by atoms with Gasteiger partial charge in [-0.2, -0.15) is 0 Å². The van der Waals surface area contributed by atoms with Crippen LogP contribution >= 0.6 is 12.2 Å². The van der Waals surface area contributed by atoms with Crippen LogP contribution in [0.5, 0.6) is 0 Å². The van der Waals surface area contributed by atoms with E-state index >= 15 is 0 Å². The van der Waals surface area contributed by atoms with Gasteiger partial charge in [-0.25, -0.2) is 0 Å². The van der Waals surface area contributed by atoms with Gasteiger partial charge in [0, 0.05) is 38.4 Å². The molecule has 4 rings (SSSR count). The van der Waals surface area contributed by atoms with Crippen LogP contribution in [0.1, 0.15) is 24.5 Å². The van der Waals surface area contributed by atoms with Crippen molar-refractivity contribution in [2.24, 2.45) is 0 Å². The predicted octanol–water partition coefficient (Wildman–Crippen LogP) is 5.84. The largest absolute Gasteiger partial charge is 0.379 e. The third-order valence-corrected chi connectivity index (χ3v) is 6.70. The Labute approximate surface area is 209 Å². The number of hydrogen-bond acceptors (Lipinski definition) is 3. The van der Waals surface area contributed by atoms with Crippen molar-refractivity contribution in [1.82, 2.24) is 9.80 Å². The molecule has 0 atom stereocenters. The molecular formula is C29H35N3OS. The molecule has 0 saturated carbocycles. The fraction of sp³-hybridized carbons (Fsp3) is 0.345. The normalized spacial score (nSPS) is 14.0. The van der Waals surface area contributed by atoms with Gasteiger partial charge in [0.1, 0.15) is 0 Å². The van der Waals surface area contributed by atoms with Crippen LogP contribution in [0.15, 0.2) is 78.9 Å². The third-order valence-electron chi connectivity index (χ3n) is 6.34. The smallest absolute Gasteiger partial charge is 0.173 e. The van der Waals surface area contributed by atoms with Gasteiger partial charge in [0.15, 0.2) is 5.11 Å². The molecular weight excluding hydrogens is 438 g/mol. The Morgan fingerprint density at radius 1 is 0.882 bits per heavy atom. The van der Waals surface area contributed by atoms with Crippen LogP contribution in [-0.2, 0) is 17.7 Å². The number of nitrogens with zero attached hydrogens (tertiary/aromatic N) is 2. The summed E-state index contributed by atoms with van der Waals surface area (Å²) in [5, 5.41) is 4.25. The van der Waals surface area contributed by atoms with Gasteiger partial charge < -0.3 is 15.0 Å². The Balaban J connectivity index is 1.40. The lowest BCUT2D eigenvalue weighted by atomic mass is 10.1. The molecule has 1 heterocycles. The summed E-state index contributed by atoms with van der Waals surface area (Å²) in [5.41, 5.74) is 6.09. The van der Waals surface area contributed by atoms with Gasteiger partial charge in [0.05, 0.1) is 13.2 Å². The van der Waals surface area contributed by atoms with E-state index in [4.69, 9.17) is 17.0 Å². The molecule has 3 aromatic rings. The minimum atomic E-state index is 0.772. The summed E-state index contributed by atoms with van der Waals surface area (Å²) in [4.78, 5) is 4.78. The van der Waals surface area contributed by atoms with Crippen molar-refractivity contribution in [3.05, 3.63) is 90.0 Å². The number of aryl methyl sites for hydroxylation is 1. The first kappa shape index (κ1) is 24.4. The SMILES string of the molecule is CCc1ccc(CN(CCCN2CCOCC2)C(=S)Nc2ccc(-c3ccccc3)cc2)cc1. The van der Waals surface area contributed by atoms with Crippen molar-refractivity contribution in [1.29, 1.82) is 0 Å². The zero-order valence-corrected chi connectivity index (χ0v) is 20.9. The molecule has 0 unspecified atom stereocenters. The molecule has 0 bridgehead atoms. The maximum absolute atomic E-state index is 5.88. The van der Waals surface area contributed by atoms with E-state index in [-0.39, 0.29) is 0 Å². The molecule has 0 amide bonds. The van der Waals surface area contributed by atoms with Gasteiger partial charge in [-0.1, -0.05) is 73.7 Å². The van der Waals surface area contributed by atoms with Gasteiger partial charge in [-0.05, 0) is 59.4 Å². The standard InChI is InChI=1S/C29H35N3OS/c1-2-24-9-11-25(12-10-24)23-32(18-6-17-31-19-21-33-22-20-31)29(34)30-28-15-13-27(14-16-28)26-7-4-3-5-8-26/h3-5,7-16H,2,6,17-23H2,1H3,(H,30,34). The Hall–Kier alpha value is -2.73. The lowest BCUT2D eigenvalue weighted by Gasteiger charge is -2.29. The molecule has 3 aromatic carbocycles. The second kappa shape index (κ2) is 12.7. The maximum Gasteiger partial charge on any atom is 0.173 e. The van der Waals surface area contributed by atoms with Gasteiger partial charge >= 0.3 is 0 Å². The fourth-order valence-corrected chi connectivity index (χ4v) is 4.52. The molecule has 5 heteroatoms. The van der Waals surface area contributed by atoms with Crippen molar-refractivity contribution in [2.75, 3.05) is 44.7 Å². The molecule has 178 valence electrons. The number of ether oxygens (including phenoxy) is 1. The number of thiocarbonyl (C=S) groups is 1. The molecule has 1 N–H and O–H groups in total. The third kappa shape index (κ3) is 7.13. The zero-order valence-electron chi connectivity index (χ0n) is 20.1. The Morgan fingerprint density at radius 2 is 1.53 bits per heavy atom. The Kier molecular flexibility index (Phi) is 9.08. The number of hydrogen-bond donors (Lipinski definition) is 1. The highest BCUT2D eigenvalue weighted by Gasteiger charge is 2.14. The molecule has 0 radical (unpaired) electrons. The maximum atomic E-state index is 5.88. The van der Waals surface area contributed by atoms with E-state index in [0.717, 1.165) is 69.6 Å². The number of nitrogens with one attached hydrogen (secondary N) is 1. The Bertz CT molecular complexity index is 1020. The predicted molar refractivity (Wildman–Crippen MR) is 146 cm³/mol. The van der Waals surface area contributed by atoms with Gasteiger partial charge in [0.25, 0.3) is 0 Å². The molecule has 0 aromatic heterocycles. The van der Waals surface area contributed by atoms with Crippen LogP contribution < -0.4 is 5.32 Å². The number of anilines is 1. The van der Waals surface area contributed by atoms with E-state index in [1.165, 1.54) is 22.3 Å². The first-order valence-corrected chi connectivity index (χ1v) is 12.7. The van der Waals surface area contributed by atoms with Crippen molar-refractivity contribution in [3.8, 4) is 11.1 Å². The summed E-state index contributed by atoms with van der Waals surface area (Å²) < 4.78 is 5.48. The van der Waals surface area contributed by atoms with E-state index < -0.39 is 0 Å². The van der Waals surface area contributed by atoms with E-state index in [9.17, 15) is 0 Å². The summed E-state index contributed by atoms with van der Waals surface area (Å²) in [6.07, 6.45) is 2.13. The summed E-state index contributed by atoms with van der Waals surface area (Å²) in [7, 11) is 0. The molecule has 0 spiro atoms. The van der Waals surface area contributed by atoms with Crippen LogP contribution in [0.4, 0.5) is 5.69 Å². The highest BCUT2D eigenvalue weighted by atomic mass is 32.1. The highest BCUT2D eigenvalue weighted by molar-refractivity contribution is 7.80. The first-order chi connectivity index (χ1) is 16.7. The molecule has 1 fully saturated rings. The summed E-state index contributed by atoms with van der Waals surface area (Å²) in [6.45, 7) is 8.71.